The lowest BCUT2D eigenvalue weighted by Crippen LogP contribution is -2.40. The summed E-state index contributed by atoms with van der Waals surface area (Å²) in [5.41, 5.74) is 0. The highest BCUT2D eigenvalue weighted by Gasteiger charge is 2.11. The molecule has 0 aliphatic rings. The van der Waals surface area contributed by atoms with Gasteiger partial charge in [0.1, 0.15) is 0 Å². The first-order valence-electron chi connectivity index (χ1n) is 3.75. The molecule has 0 saturated carbocycles. The highest BCUT2D eigenvalue weighted by molar-refractivity contribution is 4.66. The molecule has 0 saturated heterocycles. The lowest BCUT2D eigenvalue weighted by atomic mass is 10.3. The van der Waals surface area contributed by atoms with Crippen LogP contribution in [0.5, 0.6) is 0 Å². The van der Waals surface area contributed by atoms with Crippen LogP contribution in [0.2, 0.25) is 0 Å². The van der Waals surface area contributed by atoms with Crippen molar-refractivity contribution in [2.24, 2.45) is 0 Å². The maximum atomic E-state index is 8.76. The maximum Gasteiger partial charge on any atom is 0.0609 e. The summed E-state index contributed by atoms with van der Waals surface area (Å²) in [4.78, 5) is 2.03. The normalized spacial score (nSPS) is 11.4. The molecule has 0 bridgehead atoms. The third-order valence-corrected chi connectivity index (χ3v) is 1.75. The van der Waals surface area contributed by atoms with Gasteiger partial charge in [0.05, 0.1) is 19.3 Å². The minimum Gasteiger partial charge on any atom is -0.395 e. The van der Waals surface area contributed by atoms with Crippen molar-refractivity contribution in [3.63, 3.8) is 0 Å². The van der Waals surface area contributed by atoms with E-state index in [0.29, 0.717) is 0 Å². The molecule has 0 fully saturated rings. The third-order valence-electron chi connectivity index (χ3n) is 1.75. The van der Waals surface area contributed by atoms with Gasteiger partial charge in [0.15, 0.2) is 0 Å². The van der Waals surface area contributed by atoms with Crippen LogP contribution in [0.3, 0.4) is 0 Å². The van der Waals surface area contributed by atoms with Gasteiger partial charge >= 0.3 is 0 Å². The van der Waals surface area contributed by atoms with Crippen LogP contribution in [0.15, 0.2) is 0 Å². The van der Waals surface area contributed by atoms with Gasteiger partial charge in [-0.1, -0.05) is 13.8 Å². The molecule has 0 heterocycles. The molecule has 0 atom stereocenters. The Hall–Kier alpha value is -0.120. The van der Waals surface area contributed by atoms with Crippen LogP contribution in [0, 0.1) is 0 Å². The molecule has 0 aromatic carbocycles. The molecule has 62 valence electrons. The summed E-state index contributed by atoms with van der Waals surface area (Å²) in [5.74, 6) is 0. The highest BCUT2D eigenvalue weighted by atomic mass is 16.3. The number of aliphatic hydroxyl groups excluding tert-OH is 2. The lowest BCUT2D eigenvalue weighted by molar-refractivity contribution is 0.0812. The van der Waals surface area contributed by atoms with Crippen molar-refractivity contribution < 1.29 is 10.2 Å². The van der Waals surface area contributed by atoms with Crippen LogP contribution in [0.1, 0.15) is 13.8 Å². The molecule has 3 nitrogen and oxygen atoms in total. The van der Waals surface area contributed by atoms with E-state index in [1.807, 2.05) is 18.7 Å². The average Bonchev–Trinajstić information content (AvgIpc) is 2.00. The fourth-order valence-corrected chi connectivity index (χ4v) is 1.03. The van der Waals surface area contributed by atoms with Gasteiger partial charge in [0, 0.05) is 0 Å². The fourth-order valence-electron chi connectivity index (χ4n) is 1.03. The van der Waals surface area contributed by atoms with Gasteiger partial charge in [-0.25, -0.2) is 0 Å². The second-order valence-electron chi connectivity index (χ2n) is 2.24. The lowest BCUT2D eigenvalue weighted by Gasteiger charge is -2.25. The summed E-state index contributed by atoms with van der Waals surface area (Å²) < 4.78 is 0. The first kappa shape index (κ1) is 9.88. The van der Waals surface area contributed by atoms with E-state index in [2.05, 4.69) is 0 Å². The molecular weight excluding hydrogens is 130 g/mol. The first-order chi connectivity index (χ1) is 4.79. The van der Waals surface area contributed by atoms with Gasteiger partial charge in [0.2, 0.25) is 0 Å². The number of aliphatic hydroxyl groups is 2. The van der Waals surface area contributed by atoms with Crippen LogP contribution in [-0.2, 0) is 0 Å². The minimum atomic E-state index is -0.0741. The number of nitrogens with zero attached hydrogens (tertiary/aromatic N) is 1. The molecule has 0 aromatic rings. The predicted molar refractivity (Wildman–Crippen MR) is 40.9 cm³/mol. The molecule has 0 radical (unpaired) electrons. The first-order valence-corrected chi connectivity index (χ1v) is 3.75. The zero-order valence-corrected chi connectivity index (χ0v) is 6.75. The van der Waals surface area contributed by atoms with Gasteiger partial charge in [-0.15, -0.1) is 0 Å². The summed E-state index contributed by atoms with van der Waals surface area (Å²) in [6.07, 6.45) is 0. The Morgan fingerprint density at radius 3 is 1.60 bits per heavy atom. The van der Waals surface area contributed by atoms with E-state index in [1.54, 1.807) is 0 Å². The second-order valence-corrected chi connectivity index (χ2v) is 2.24. The maximum absolute atomic E-state index is 8.76. The number of hydrogen-bond acceptors (Lipinski definition) is 3. The largest absolute Gasteiger partial charge is 0.395 e. The van der Waals surface area contributed by atoms with Crippen LogP contribution in [-0.4, -0.2) is 47.5 Å². The van der Waals surface area contributed by atoms with Crippen molar-refractivity contribution in [1.29, 1.82) is 0 Å². The zero-order valence-electron chi connectivity index (χ0n) is 6.75. The minimum absolute atomic E-state index is 0.0399. The van der Waals surface area contributed by atoms with E-state index in [4.69, 9.17) is 10.2 Å². The van der Waals surface area contributed by atoms with Gasteiger partial charge in [-0.3, -0.25) is 4.90 Å². The number of rotatable bonds is 5. The molecule has 0 aliphatic carbocycles. The predicted octanol–water partition coefficient (Wildman–Crippen LogP) is -0.319. The molecule has 2 N–H and O–H groups in total. The Kier molecular flexibility index (Phi) is 5.58. The SMILES string of the molecule is CCN(CC)C(CO)CO. The molecule has 0 aromatic heterocycles. The number of likely N-dealkylation sites (N-methyl/N-ethyl adjacent to an activating group) is 1. The van der Waals surface area contributed by atoms with E-state index >= 15 is 0 Å². The van der Waals surface area contributed by atoms with E-state index in [-0.39, 0.29) is 19.3 Å². The van der Waals surface area contributed by atoms with E-state index in [9.17, 15) is 0 Å². The summed E-state index contributed by atoms with van der Waals surface area (Å²) in [5, 5.41) is 17.5. The van der Waals surface area contributed by atoms with Gasteiger partial charge in [-0.05, 0) is 13.1 Å². The molecular formula is C7H17NO2. The Bertz CT molecular complexity index is 60.0. The Labute approximate surface area is 62.3 Å². The Balaban J connectivity index is 3.70. The van der Waals surface area contributed by atoms with Crippen LogP contribution in [0.25, 0.3) is 0 Å². The fraction of sp³-hybridized carbons (Fsp3) is 1.00. The molecule has 0 aliphatic heterocycles. The third kappa shape index (κ3) is 2.64. The van der Waals surface area contributed by atoms with Gasteiger partial charge in [0.25, 0.3) is 0 Å². The quantitative estimate of drug-likeness (QED) is 0.560. The van der Waals surface area contributed by atoms with Crippen LogP contribution < -0.4 is 0 Å². The molecule has 0 amide bonds. The van der Waals surface area contributed by atoms with Gasteiger partial charge < -0.3 is 10.2 Å². The Morgan fingerprint density at radius 1 is 1.10 bits per heavy atom. The molecule has 0 rings (SSSR count). The van der Waals surface area contributed by atoms with E-state index in [1.165, 1.54) is 0 Å². The second kappa shape index (κ2) is 5.65. The van der Waals surface area contributed by atoms with Crippen LogP contribution >= 0.6 is 0 Å². The smallest absolute Gasteiger partial charge is 0.0609 e. The molecule has 3 heteroatoms. The molecule has 0 spiro atoms. The molecule has 10 heavy (non-hydrogen) atoms. The molecule has 0 unspecified atom stereocenters. The van der Waals surface area contributed by atoms with Crippen LogP contribution in [0.4, 0.5) is 0 Å². The highest BCUT2D eigenvalue weighted by Crippen LogP contribution is 1.95. The number of hydrogen-bond donors (Lipinski definition) is 2. The topological polar surface area (TPSA) is 43.7 Å². The monoisotopic (exact) mass is 147 g/mol. The summed E-state index contributed by atoms with van der Waals surface area (Å²) in [6, 6.07) is -0.0741. The summed E-state index contributed by atoms with van der Waals surface area (Å²) >= 11 is 0. The van der Waals surface area contributed by atoms with E-state index < -0.39 is 0 Å². The van der Waals surface area contributed by atoms with Crippen molar-refractivity contribution in [1.82, 2.24) is 4.90 Å². The summed E-state index contributed by atoms with van der Waals surface area (Å²) in [7, 11) is 0. The summed E-state index contributed by atoms with van der Waals surface area (Å²) in [6.45, 7) is 5.87. The van der Waals surface area contributed by atoms with Crippen molar-refractivity contribution in [3.8, 4) is 0 Å². The van der Waals surface area contributed by atoms with Crippen molar-refractivity contribution >= 4 is 0 Å². The average molecular weight is 147 g/mol. The van der Waals surface area contributed by atoms with Crippen molar-refractivity contribution in [2.45, 2.75) is 19.9 Å². The van der Waals surface area contributed by atoms with Gasteiger partial charge in [-0.2, -0.15) is 0 Å². The van der Waals surface area contributed by atoms with E-state index in [0.717, 1.165) is 13.1 Å². The Morgan fingerprint density at radius 2 is 1.50 bits per heavy atom. The standard InChI is InChI=1S/C7H17NO2/c1-3-8(4-2)7(5-9)6-10/h7,9-10H,3-6H2,1-2H3. The zero-order chi connectivity index (χ0) is 7.98. The van der Waals surface area contributed by atoms with Crippen molar-refractivity contribution in [2.75, 3.05) is 26.3 Å². The van der Waals surface area contributed by atoms with Crippen molar-refractivity contribution in [3.05, 3.63) is 0 Å².